The van der Waals surface area contributed by atoms with E-state index < -0.39 is 11.9 Å². The van der Waals surface area contributed by atoms with Gasteiger partial charge in [0.25, 0.3) is 5.91 Å². The third-order valence-electron chi connectivity index (χ3n) is 4.66. The molecule has 0 bridgehead atoms. The van der Waals surface area contributed by atoms with Gasteiger partial charge in [0.1, 0.15) is 28.5 Å². The van der Waals surface area contributed by atoms with Crippen LogP contribution >= 0.6 is 11.6 Å². The van der Waals surface area contributed by atoms with Crippen LogP contribution in [0.2, 0.25) is 5.02 Å². The van der Waals surface area contributed by atoms with Crippen LogP contribution in [0.4, 0.5) is 11.7 Å². The highest BCUT2D eigenvalue weighted by molar-refractivity contribution is 6.30. The molecule has 8 nitrogen and oxygen atoms in total. The van der Waals surface area contributed by atoms with Crippen molar-refractivity contribution in [3.05, 3.63) is 68.8 Å². The Bertz CT molecular complexity index is 1140. The van der Waals surface area contributed by atoms with E-state index in [9.17, 15) is 9.59 Å². The minimum atomic E-state index is -0.816. The van der Waals surface area contributed by atoms with Crippen LogP contribution in [0.5, 0.6) is 0 Å². The Balaban J connectivity index is 2.06. The summed E-state index contributed by atoms with van der Waals surface area (Å²) in [5.74, 6) is -0.258. The highest BCUT2D eigenvalue weighted by Gasteiger charge is 2.29. The van der Waals surface area contributed by atoms with Crippen LogP contribution in [0, 0.1) is 20.8 Å². The predicted octanol–water partition coefficient (Wildman–Crippen LogP) is 4.26. The summed E-state index contributed by atoms with van der Waals surface area (Å²) >= 11 is 5.99. The van der Waals surface area contributed by atoms with Crippen molar-refractivity contribution < 1.29 is 18.7 Å². The van der Waals surface area contributed by atoms with Crippen LogP contribution in [0.15, 0.2) is 28.7 Å². The van der Waals surface area contributed by atoms with Crippen molar-refractivity contribution in [2.45, 2.75) is 34.1 Å². The largest absolute Gasteiger partial charge is 0.462 e. The molecule has 0 atom stereocenters. The molecule has 162 valence electrons. The molecule has 3 aromatic rings. The molecule has 3 rings (SSSR count). The lowest BCUT2D eigenvalue weighted by molar-refractivity contribution is 0.0521. The number of nitrogens with zero attached hydrogens (tertiary/aromatic N) is 2. The summed E-state index contributed by atoms with van der Waals surface area (Å²) in [6, 6.07) is 7.44. The Morgan fingerprint density at radius 2 is 1.81 bits per heavy atom. The molecule has 2 aromatic heterocycles. The molecule has 0 saturated carbocycles. The Morgan fingerprint density at radius 1 is 1.13 bits per heavy atom. The molecule has 0 fully saturated rings. The zero-order valence-electron chi connectivity index (χ0n) is 17.7. The van der Waals surface area contributed by atoms with Gasteiger partial charge in [-0.05, 0) is 45.4 Å². The number of furan rings is 1. The first-order valence-corrected chi connectivity index (χ1v) is 10.0. The number of rotatable bonds is 7. The van der Waals surface area contributed by atoms with Crippen molar-refractivity contribution in [2.24, 2.45) is 5.73 Å². The number of esters is 1. The topological polar surface area (TPSA) is 120 Å². The van der Waals surface area contributed by atoms with Gasteiger partial charge in [-0.15, -0.1) is 0 Å². The summed E-state index contributed by atoms with van der Waals surface area (Å²) in [6.45, 7) is 7.02. The van der Waals surface area contributed by atoms with Gasteiger partial charge >= 0.3 is 5.97 Å². The molecule has 0 spiro atoms. The van der Waals surface area contributed by atoms with Crippen LogP contribution in [-0.4, -0.2) is 28.5 Å². The van der Waals surface area contributed by atoms with E-state index in [1.165, 1.54) is 0 Å². The molecule has 0 radical (unpaired) electrons. The summed E-state index contributed by atoms with van der Waals surface area (Å²) in [6.07, 6.45) is 0.516. The fraction of sp³-hybridized carbons (Fsp3) is 0.273. The van der Waals surface area contributed by atoms with Gasteiger partial charge in [0, 0.05) is 22.7 Å². The van der Waals surface area contributed by atoms with E-state index in [0.29, 0.717) is 23.1 Å². The monoisotopic (exact) mass is 442 g/mol. The first kappa shape index (κ1) is 22.3. The number of nitrogens with one attached hydrogen (secondary N) is 1. The SMILES string of the molecule is CCOC(=O)c1c(C)oc(Nc2nc(C)nc(C)c2Cc2ccc(Cl)cc2)c1C(N)=O. The average molecular weight is 443 g/mol. The second kappa shape index (κ2) is 9.18. The molecular formula is C22H23ClN4O4. The molecule has 0 aliphatic heterocycles. The molecule has 31 heavy (non-hydrogen) atoms. The zero-order valence-corrected chi connectivity index (χ0v) is 18.5. The second-order valence-electron chi connectivity index (χ2n) is 6.93. The molecular weight excluding hydrogens is 420 g/mol. The van der Waals surface area contributed by atoms with E-state index in [2.05, 4.69) is 15.3 Å². The van der Waals surface area contributed by atoms with Crippen LogP contribution in [-0.2, 0) is 11.2 Å². The van der Waals surface area contributed by atoms with Crippen LogP contribution in [0.1, 0.15) is 56.0 Å². The van der Waals surface area contributed by atoms with Gasteiger partial charge in [-0.25, -0.2) is 14.8 Å². The number of hydrogen-bond donors (Lipinski definition) is 2. The number of carbonyl (C=O) groups excluding carboxylic acids is 2. The predicted molar refractivity (Wildman–Crippen MR) is 117 cm³/mol. The van der Waals surface area contributed by atoms with Gasteiger partial charge in [-0.3, -0.25) is 4.79 Å². The lowest BCUT2D eigenvalue weighted by Crippen LogP contribution is -2.18. The summed E-state index contributed by atoms with van der Waals surface area (Å²) in [7, 11) is 0. The lowest BCUT2D eigenvalue weighted by atomic mass is 10.0. The fourth-order valence-electron chi connectivity index (χ4n) is 3.28. The van der Waals surface area contributed by atoms with Gasteiger partial charge in [0.2, 0.25) is 5.88 Å². The number of halogens is 1. The van der Waals surface area contributed by atoms with E-state index in [4.69, 9.17) is 26.5 Å². The van der Waals surface area contributed by atoms with Gasteiger partial charge in [-0.1, -0.05) is 23.7 Å². The van der Waals surface area contributed by atoms with E-state index in [1.807, 2.05) is 19.1 Å². The number of aryl methyl sites for hydroxylation is 3. The maximum absolute atomic E-state index is 12.3. The molecule has 1 aromatic carbocycles. The molecule has 0 aliphatic rings. The van der Waals surface area contributed by atoms with Crippen molar-refractivity contribution in [1.29, 1.82) is 0 Å². The highest BCUT2D eigenvalue weighted by Crippen LogP contribution is 2.32. The maximum Gasteiger partial charge on any atom is 0.342 e. The third kappa shape index (κ3) is 4.86. The van der Waals surface area contributed by atoms with Crippen LogP contribution in [0.25, 0.3) is 0 Å². The van der Waals surface area contributed by atoms with Crippen molar-refractivity contribution in [2.75, 3.05) is 11.9 Å². The van der Waals surface area contributed by atoms with Gasteiger partial charge in [0.05, 0.1) is 6.61 Å². The normalized spacial score (nSPS) is 10.7. The molecule has 9 heteroatoms. The average Bonchev–Trinajstić information content (AvgIpc) is 3.02. The summed E-state index contributed by atoms with van der Waals surface area (Å²) in [5.41, 5.74) is 8.04. The highest BCUT2D eigenvalue weighted by atomic mass is 35.5. The smallest absolute Gasteiger partial charge is 0.342 e. The molecule has 0 unspecified atom stereocenters. The van der Waals surface area contributed by atoms with Crippen molar-refractivity contribution >= 4 is 35.2 Å². The van der Waals surface area contributed by atoms with E-state index in [-0.39, 0.29) is 29.4 Å². The van der Waals surface area contributed by atoms with E-state index in [0.717, 1.165) is 16.8 Å². The van der Waals surface area contributed by atoms with Crippen LogP contribution < -0.4 is 11.1 Å². The Labute approximate surface area is 184 Å². The molecule has 3 N–H and O–H groups in total. The van der Waals surface area contributed by atoms with Crippen molar-refractivity contribution in [3.8, 4) is 0 Å². The first-order chi connectivity index (χ1) is 14.7. The Morgan fingerprint density at radius 3 is 2.42 bits per heavy atom. The third-order valence-corrected chi connectivity index (χ3v) is 4.91. The van der Waals surface area contributed by atoms with Gasteiger partial charge in [0.15, 0.2) is 0 Å². The quantitative estimate of drug-likeness (QED) is 0.524. The second-order valence-corrected chi connectivity index (χ2v) is 7.37. The summed E-state index contributed by atoms with van der Waals surface area (Å²) < 4.78 is 10.7. The first-order valence-electron chi connectivity index (χ1n) is 9.67. The summed E-state index contributed by atoms with van der Waals surface area (Å²) in [4.78, 5) is 33.4. The minimum absolute atomic E-state index is 0.00130. The fourth-order valence-corrected chi connectivity index (χ4v) is 3.41. The molecule has 1 amide bonds. The number of carbonyl (C=O) groups is 2. The Hall–Kier alpha value is -3.39. The summed E-state index contributed by atoms with van der Waals surface area (Å²) in [5, 5.41) is 3.68. The number of anilines is 2. The molecule has 0 aliphatic carbocycles. The minimum Gasteiger partial charge on any atom is -0.462 e. The zero-order chi connectivity index (χ0) is 22.7. The molecule has 2 heterocycles. The number of amides is 1. The van der Waals surface area contributed by atoms with Crippen molar-refractivity contribution in [3.63, 3.8) is 0 Å². The lowest BCUT2D eigenvalue weighted by Gasteiger charge is -2.14. The van der Waals surface area contributed by atoms with Crippen LogP contribution in [0.3, 0.4) is 0 Å². The van der Waals surface area contributed by atoms with Gasteiger partial charge in [-0.2, -0.15) is 0 Å². The Kier molecular flexibility index (Phi) is 6.60. The number of benzene rings is 1. The number of nitrogens with two attached hydrogens (primary N) is 1. The van der Waals surface area contributed by atoms with Crippen molar-refractivity contribution in [1.82, 2.24) is 9.97 Å². The van der Waals surface area contributed by atoms with E-state index in [1.54, 1.807) is 32.9 Å². The number of primary amides is 1. The number of hydrogen-bond acceptors (Lipinski definition) is 7. The standard InChI is InChI=1S/C22H23ClN4O4/c1-5-30-22(29)17-12(3)31-21(18(17)19(24)28)27-20-16(11(2)25-13(4)26-20)10-14-6-8-15(23)9-7-14/h6-9H,5,10H2,1-4H3,(H2,24,28)(H,25,26,27). The van der Waals surface area contributed by atoms with E-state index >= 15 is 0 Å². The van der Waals surface area contributed by atoms with Gasteiger partial charge < -0.3 is 20.2 Å². The molecule has 0 saturated heterocycles. The number of ether oxygens (including phenoxy) is 1. The maximum atomic E-state index is 12.3. The number of aromatic nitrogens is 2.